The summed E-state index contributed by atoms with van der Waals surface area (Å²) < 4.78 is 26.9. The predicted molar refractivity (Wildman–Crippen MR) is 151 cm³/mol. The second-order valence-corrected chi connectivity index (χ2v) is 11.8. The molecule has 0 bridgehead atoms. The van der Waals surface area contributed by atoms with Gasteiger partial charge in [-0.3, -0.25) is 19.7 Å². The van der Waals surface area contributed by atoms with E-state index in [2.05, 4.69) is 21.3 Å². The number of carbonyl (C=O) groups excluding carboxylic acids is 4. The molecule has 218 valence electrons. The monoisotopic (exact) mass is 585 g/mol. The second kappa shape index (κ2) is 11.1. The fourth-order valence-electron chi connectivity index (χ4n) is 5.07. The largest absolute Gasteiger partial charge is 0.497 e. The van der Waals surface area contributed by atoms with E-state index < -0.39 is 41.2 Å². The topological polar surface area (TPSA) is 138 Å². The number of methoxy groups -OCH3 is 1. The summed E-state index contributed by atoms with van der Waals surface area (Å²) in [6.45, 7) is 6.13. The number of halogens is 1. The number of carbonyl (C=O) groups is 4. The maximum atomic E-state index is 15.5. The lowest BCUT2D eigenvalue weighted by Gasteiger charge is -2.32. The van der Waals surface area contributed by atoms with Crippen LogP contribution in [0.15, 0.2) is 29.2 Å². The number of amides is 5. The van der Waals surface area contributed by atoms with Crippen LogP contribution in [0.3, 0.4) is 0 Å². The fourth-order valence-corrected chi connectivity index (χ4v) is 6.32. The van der Waals surface area contributed by atoms with E-state index in [9.17, 15) is 19.2 Å². The highest BCUT2D eigenvalue weighted by Crippen LogP contribution is 2.49. The van der Waals surface area contributed by atoms with Crippen molar-refractivity contribution in [2.24, 2.45) is 0 Å². The summed E-state index contributed by atoms with van der Waals surface area (Å²) in [4.78, 5) is 51.9. The fraction of sp³-hybridized carbons (Fsp3) is 0.429. The van der Waals surface area contributed by atoms with Crippen LogP contribution < -0.4 is 30.7 Å². The molecule has 1 saturated heterocycles. The van der Waals surface area contributed by atoms with Crippen molar-refractivity contribution in [2.45, 2.75) is 68.4 Å². The Balaban J connectivity index is 1.26. The van der Waals surface area contributed by atoms with Gasteiger partial charge in [0.2, 0.25) is 11.8 Å². The van der Waals surface area contributed by atoms with Crippen LogP contribution in [0.25, 0.3) is 0 Å². The van der Waals surface area contributed by atoms with Crippen molar-refractivity contribution < 1.29 is 33.0 Å². The number of rotatable bonds is 8. The van der Waals surface area contributed by atoms with Gasteiger partial charge in [-0.2, -0.15) is 0 Å². The first-order chi connectivity index (χ1) is 19.5. The van der Waals surface area contributed by atoms with E-state index in [1.807, 2.05) is 32.9 Å². The van der Waals surface area contributed by atoms with Gasteiger partial charge in [-0.05, 0) is 44.9 Å². The number of nitrogens with one attached hydrogen (secondary N) is 4. The third kappa shape index (κ3) is 5.50. The number of benzene rings is 2. The highest BCUT2D eigenvalue weighted by Gasteiger charge is 2.41. The van der Waals surface area contributed by atoms with Crippen molar-refractivity contribution in [1.29, 1.82) is 0 Å². The number of hydrogen-bond acceptors (Lipinski definition) is 8. The summed E-state index contributed by atoms with van der Waals surface area (Å²) in [6, 6.07) is 5.00. The van der Waals surface area contributed by atoms with Crippen LogP contribution in [0.2, 0.25) is 0 Å². The van der Waals surface area contributed by atoms with E-state index in [1.165, 1.54) is 28.8 Å². The molecule has 0 aliphatic carbocycles. The normalized spacial score (nSPS) is 19.7. The molecule has 41 heavy (non-hydrogen) atoms. The highest BCUT2D eigenvalue weighted by molar-refractivity contribution is 8.00. The Bertz CT molecular complexity index is 1430. The molecule has 5 amide bonds. The van der Waals surface area contributed by atoms with Crippen LogP contribution in [-0.4, -0.2) is 59.3 Å². The molecule has 2 aromatic carbocycles. The number of imide groups is 1. The summed E-state index contributed by atoms with van der Waals surface area (Å²) in [5.41, 5.74) is 0.146. The maximum absolute atomic E-state index is 15.5. The molecule has 2 aromatic rings. The zero-order chi connectivity index (χ0) is 29.5. The van der Waals surface area contributed by atoms with Gasteiger partial charge in [-0.1, -0.05) is 18.7 Å². The van der Waals surface area contributed by atoms with Crippen LogP contribution in [0, 0.1) is 5.82 Å². The van der Waals surface area contributed by atoms with Crippen molar-refractivity contribution >= 4 is 46.9 Å². The number of ether oxygens (including phenoxy) is 2. The summed E-state index contributed by atoms with van der Waals surface area (Å²) in [5.74, 6) is -0.891. The minimum absolute atomic E-state index is 0.0915. The Kier molecular flexibility index (Phi) is 7.73. The smallest absolute Gasteiger partial charge is 0.319 e. The molecule has 5 rings (SSSR count). The Morgan fingerprint density at radius 3 is 2.73 bits per heavy atom. The lowest BCUT2D eigenvalue weighted by Crippen LogP contribution is -2.54. The molecule has 11 nitrogen and oxygen atoms in total. The van der Waals surface area contributed by atoms with Gasteiger partial charge in [0.05, 0.1) is 42.5 Å². The second-order valence-electron chi connectivity index (χ2n) is 10.6. The zero-order valence-electron chi connectivity index (χ0n) is 23.2. The van der Waals surface area contributed by atoms with E-state index in [0.29, 0.717) is 18.1 Å². The van der Waals surface area contributed by atoms with Gasteiger partial charge in [-0.15, -0.1) is 0 Å². The summed E-state index contributed by atoms with van der Waals surface area (Å²) in [5, 5.41) is 10.9. The molecule has 0 saturated carbocycles. The van der Waals surface area contributed by atoms with Crippen LogP contribution in [0.4, 0.5) is 20.6 Å². The third-order valence-corrected chi connectivity index (χ3v) is 8.76. The minimum Gasteiger partial charge on any atom is -0.497 e. The number of hydrogen-bond donors (Lipinski definition) is 4. The van der Waals surface area contributed by atoms with Gasteiger partial charge in [0, 0.05) is 28.5 Å². The highest BCUT2D eigenvalue weighted by atomic mass is 32.2. The molecule has 4 N–H and O–H groups in total. The molecule has 0 aromatic heterocycles. The number of nitrogens with zero attached hydrogens (tertiary/aromatic N) is 1. The summed E-state index contributed by atoms with van der Waals surface area (Å²) >= 11 is 1.52. The van der Waals surface area contributed by atoms with Crippen LogP contribution in [0.1, 0.15) is 56.0 Å². The summed E-state index contributed by atoms with van der Waals surface area (Å²) in [7, 11) is 1.59. The predicted octanol–water partition coefficient (Wildman–Crippen LogP) is 3.83. The number of thioether (sulfide) groups is 1. The van der Waals surface area contributed by atoms with E-state index >= 15 is 4.39 Å². The zero-order valence-corrected chi connectivity index (χ0v) is 24.0. The average Bonchev–Trinajstić information content (AvgIpc) is 3.51. The molecule has 0 spiro atoms. The van der Waals surface area contributed by atoms with Gasteiger partial charge in [0.25, 0.3) is 5.91 Å². The SMILES string of the molecule is CCCOc1cc(OC)cc2c1NC(C(C)(C)NC(=O)Nc1ccc3c(c1F)CN(C1CCC(=O)NC1=O)C3=O)S2. The van der Waals surface area contributed by atoms with Crippen LogP contribution >= 0.6 is 11.8 Å². The Morgan fingerprint density at radius 2 is 2.02 bits per heavy atom. The molecule has 3 aliphatic heterocycles. The number of urea groups is 1. The molecular formula is C28H32FN5O6S. The molecule has 2 unspecified atom stereocenters. The lowest BCUT2D eigenvalue weighted by atomic mass is 10.0. The molecule has 2 atom stereocenters. The first kappa shape index (κ1) is 28.5. The standard InChI is InChI=1S/C28H32FN5O6S/c1-5-10-40-19-11-14(39-4)12-20-23(19)32-26(41-20)28(2,3)33-27(38)30-17-7-6-15-16(22(17)29)13-34(25(15)37)18-8-9-21(35)31-24(18)36/h6-7,11-12,18,26,32H,5,8-10,13H2,1-4H3,(H2,30,33,38)(H,31,35,36). The molecule has 13 heteroatoms. The number of piperidine rings is 1. The van der Waals surface area contributed by atoms with Gasteiger partial charge >= 0.3 is 6.03 Å². The third-order valence-electron chi connectivity index (χ3n) is 7.25. The van der Waals surface area contributed by atoms with Crippen molar-refractivity contribution in [3.05, 3.63) is 41.2 Å². The summed E-state index contributed by atoms with van der Waals surface area (Å²) in [6.07, 6.45) is 1.12. The van der Waals surface area contributed by atoms with E-state index in [4.69, 9.17) is 9.47 Å². The van der Waals surface area contributed by atoms with Crippen LogP contribution in [0.5, 0.6) is 11.5 Å². The van der Waals surface area contributed by atoms with Crippen LogP contribution in [-0.2, 0) is 16.1 Å². The molecule has 3 aliphatic rings. The number of fused-ring (bicyclic) bond motifs is 2. The van der Waals surface area contributed by atoms with Crippen molar-refractivity contribution in [2.75, 3.05) is 24.4 Å². The van der Waals surface area contributed by atoms with Crippen molar-refractivity contribution in [3.63, 3.8) is 0 Å². The quantitative estimate of drug-likeness (QED) is 0.343. The minimum atomic E-state index is -0.860. The molecular weight excluding hydrogens is 553 g/mol. The molecule has 0 radical (unpaired) electrons. The Labute approximate surface area is 240 Å². The lowest BCUT2D eigenvalue weighted by molar-refractivity contribution is -0.136. The van der Waals surface area contributed by atoms with Gasteiger partial charge in [0.1, 0.15) is 17.5 Å². The van der Waals surface area contributed by atoms with E-state index in [0.717, 1.165) is 17.0 Å². The molecule has 3 heterocycles. The van der Waals surface area contributed by atoms with Gasteiger partial charge in [0.15, 0.2) is 5.82 Å². The van der Waals surface area contributed by atoms with Crippen molar-refractivity contribution in [1.82, 2.24) is 15.5 Å². The Hall–Kier alpha value is -4.00. The molecule has 1 fully saturated rings. The first-order valence-electron chi connectivity index (χ1n) is 13.4. The van der Waals surface area contributed by atoms with E-state index in [-0.39, 0.29) is 41.6 Å². The maximum Gasteiger partial charge on any atom is 0.319 e. The van der Waals surface area contributed by atoms with Gasteiger partial charge in [-0.25, -0.2) is 9.18 Å². The number of anilines is 2. The Morgan fingerprint density at radius 1 is 1.24 bits per heavy atom. The average molecular weight is 586 g/mol. The first-order valence-corrected chi connectivity index (χ1v) is 14.2. The van der Waals surface area contributed by atoms with Gasteiger partial charge < -0.3 is 30.3 Å². The van der Waals surface area contributed by atoms with E-state index in [1.54, 1.807) is 7.11 Å². The van der Waals surface area contributed by atoms with Crippen molar-refractivity contribution in [3.8, 4) is 11.5 Å².